The fraction of sp³-hybridized carbons (Fsp3) is 0.318. The SMILES string of the molecule is O=C(Nc1cccc(C(F)(F)F)c1)N[C@@H]1CO[C@@H]2[C@@H]1OC[C@@H]2Nc1nccc(-c2cccs2)n1. The van der Waals surface area contributed by atoms with Gasteiger partial charge in [-0.2, -0.15) is 13.2 Å². The highest BCUT2D eigenvalue weighted by atomic mass is 32.1. The van der Waals surface area contributed by atoms with Gasteiger partial charge in [-0.05, 0) is 35.7 Å². The minimum atomic E-state index is -4.49. The van der Waals surface area contributed by atoms with Gasteiger partial charge in [-0.25, -0.2) is 14.8 Å². The molecule has 0 bridgehead atoms. The highest BCUT2D eigenvalue weighted by Gasteiger charge is 2.48. The van der Waals surface area contributed by atoms with Crippen molar-refractivity contribution in [1.82, 2.24) is 15.3 Å². The topological polar surface area (TPSA) is 97.4 Å². The number of amides is 2. The van der Waals surface area contributed by atoms with Crippen LogP contribution in [-0.2, 0) is 15.7 Å². The molecule has 34 heavy (non-hydrogen) atoms. The number of alkyl halides is 3. The number of hydrogen-bond acceptors (Lipinski definition) is 7. The van der Waals surface area contributed by atoms with Gasteiger partial charge in [0, 0.05) is 11.9 Å². The van der Waals surface area contributed by atoms with Gasteiger partial charge in [0.05, 0.1) is 41.4 Å². The molecule has 2 aromatic heterocycles. The summed E-state index contributed by atoms with van der Waals surface area (Å²) >= 11 is 1.58. The summed E-state index contributed by atoms with van der Waals surface area (Å²) in [7, 11) is 0. The first kappa shape index (κ1) is 22.6. The Kier molecular flexibility index (Phi) is 6.11. The molecule has 178 valence electrons. The third kappa shape index (κ3) is 4.83. The highest BCUT2D eigenvalue weighted by molar-refractivity contribution is 7.13. The maximum atomic E-state index is 12.9. The van der Waals surface area contributed by atoms with Crippen molar-refractivity contribution in [2.24, 2.45) is 0 Å². The Bertz CT molecular complexity index is 1160. The summed E-state index contributed by atoms with van der Waals surface area (Å²) in [4.78, 5) is 22.2. The second-order valence-corrected chi connectivity index (χ2v) is 8.82. The Hall–Kier alpha value is -3.22. The maximum absolute atomic E-state index is 12.9. The molecule has 0 aliphatic carbocycles. The number of urea groups is 1. The first-order chi connectivity index (χ1) is 16.4. The molecule has 3 N–H and O–H groups in total. The van der Waals surface area contributed by atoms with Crippen molar-refractivity contribution in [2.45, 2.75) is 30.5 Å². The summed E-state index contributed by atoms with van der Waals surface area (Å²) in [5, 5.41) is 10.4. The molecule has 8 nitrogen and oxygen atoms in total. The normalized spacial score (nSPS) is 24.0. The molecule has 2 fully saturated rings. The van der Waals surface area contributed by atoms with Gasteiger partial charge in [0.1, 0.15) is 12.2 Å². The molecule has 4 atom stereocenters. The average Bonchev–Trinajstić information content (AvgIpc) is 3.54. The van der Waals surface area contributed by atoms with Crippen molar-refractivity contribution >= 4 is 29.0 Å². The highest BCUT2D eigenvalue weighted by Crippen LogP contribution is 2.31. The van der Waals surface area contributed by atoms with E-state index < -0.39 is 29.9 Å². The van der Waals surface area contributed by atoms with E-state index in [0.29, 0.717) is 12.6 Å². The lowest BCUT2D eigenvalue weighted by atomic mass is 10.1. The third-order valence-electron chi connectivity index (χ3n) is 5.56. The number of ether oxygens (including phenoxy) is 2. The van der Waals surface area contributed by atoms with Crippen molar-refractivity contribution in [3.8, 4) is 10.6 Å². The van der Waals surface area contributed by atoms with Crippen LogP contribution in [0.3, 0.4) is 0 Å². The average molecular weight is 491 g/mol. The Morgan fingerprint density at radius 3 is 2.62 bits per heavy atom. The standard InChI is InChI=1S/C22H20F3N5O3S/c23-22(24,25)12-3-1-4-13(9-12)27-21(31)30-16-11-33-18-15(10-32-19(16)18)29-20-26-7-6-14(28-20)17-5-2-8-34-17/h1-9,15-16,18-19H,10-11H2,(H,26,28,29)(H2,27,30,31)/t15-,16+,18-,19+/m0/s1. The molecule has 1 aromatic carbocycles. The largest absolute Gasteiger partial charge is 0.416 e. The Labute approximate surface area is 196 Å². The number of fused-ring (bicyclic) bond motifs is 1. The van der Waals surface area contributed by atoms with Crippen LogP contribution in [0.5, 0.6) is 0 Å². The minimum Gasteiger partial charge on any atom is -0.371 e. The Morgan fingerprint density at radius 1 is 1.06 bits per heavy atom. The van der Waals surface area contributed by atoms with Gasteiger partial charge in [-0.3, -0.25) is 0 Å². The van der Waals surface area contributed by atoms with E-state index in [2.05, 4.69) is 25.9 Å². The van der Waals surface area contributed by atoms with Crippen molar-refractivity contribution in [3.05, 3.63) is 59.6 Å². The van der Waals surface area contributed by atoms with Gasteiger partial charge in [-0.1, -0.05) is 12.1 Å². The number of nitrogens with zero attached hydrogens (tertiary/aromatic N) is 2. The number of carbonyl (C=O) groups excluding carboxylic acids is 1. The molecular formula is C22H20F3N5O3S. The predicted octanol–water partition coefficient (Wildman–Crippen LogP) is 3.99. The van der Waals surface area contributed by atoms with E-state index in [1.165, 1.54) is 12.1 Å². The van der Waals surface area contributed by atoms with Crippen molar-refractivity contribution in [3.63, 3.8) is 0 Å². The number of halogens is 3. The van der Waals surface area contributed by atoms with E-state index in [9.17, 15) is 18.0 Å². The number of hydrogen-bond donors (Lipinski definition) is 3. The van der Waals surface area contributed by atoms with E-state index in [1.807, 2.05) is 23.6 Å². The summed E-state index contributed by atoms with van der Waals surface area (Å²) < 4.78 is 50.4. The van der Waals surface area contributed by atoms with Crippen LogP contribution in [0, 0.1) is 0 Å². The molecule has 2 aliphatic heterocycles. The van der Waals surface area contributed by atoms with Crippen molar-refractivity contribution in [2.75, 3.05) is 23.8 Å². The zero-order chi connectivity index (χ0) is 23.7. The monoisotopic (exact) mass is 491 g/mol. The fourth-order valence-corrected chi connectivity index (χ4v) is 4.71. The number of aromatic nitrogens is 2. The van der Waals surface area contributed by atoms with E-state index in [4.69, 9.17) is 9.47 Å². The van der Waals surface area contributed by atoms with Gasteiger partial charge in [0.25, 0.3) is 0 Å². The number of rotatable bonds is 5. The molecule has 0 radical (unpaired) electrons. The molecule has 0 unspecified atom stereocenters. The lowest BCUT2D eigenvalue weighted by molar-refractivity contribution is -0.137. The molecule has 2 saturated heterocycles. The quantitative estimate of drug-likeness (QED) is 0.500. The molecule has 2 aliphatic rings. The summed E-state index contributed by atoms with van der Waals surface area (Å²) in [6, 6.07) is 8.89. The molecule has 2 amide bonds. The van der Waals surface area contributed by atoms with Gasteiger partial charge in [0.2, 0.25) is 5.95 Å². The van der Waals surface area contributed by atoms with E-state index in [0.717, 1.165) is 22.7 Å². The van der Waals surface area contributed by atoms with Crippen LogP contribution in [0.4, 0.5) is 29.6 Å². The number of anilines is 2. The van der Waals surface area contributed by atoms with Crippen LogP contribution < -0.4 is 16.0 Å². The van der Waals surface area contributed by atoms with Crippen LogP contribution >= 0.6 is 11.3 Å². The van der Waals surface area contributed by atoms with Gasteiger partial charge >= 0.3 is 12.2 Å². The van der Waals surface area contributed by atoms with E-state index in [1.54, 1.807) is 17.5 Å². The van der Waals surface area contributed by atoms with E-state index in [-0.39, 0.29) is 24.4 Å². The van der Waals surface area contributed by atoms with Gasteiger partial charge in [0.15, 0.2) is 0 Å². The summed E-state index contributed by atoms with van der Waals surface area (Å²) in [6.07, 6.45) is -3.57. The molecule has 4 heterocycles. The molecule has 0 saturated carbocycles. The van der Waals surface area contributed by atoms with Crippen LogP contribution in [-0.4, -0.2) is 53.5 Å². The summed E-state index contributed by atoms with van der Waals surface area (Å²) in [5.41, 5.74) is 0.00605. The number of carbonyl (C=O) groups is 1. The lowest BCUT2D eigenvalue weighted by Gasteiger charge is -2.19. The Balaban J connectivity index is 1.18. The molecule has 0 spiro atoms. The second-order valence-electron chi connectivity index (χ2n) is 7.87. The smallest absolute Gasteiger partial charge is 0.371 e. The zero-order valence-electron chi connectivity index (χ0n) is 17.6. The predicted molar refractivity (Wildman–Crippen MR) is 120 cm³/mol. The lowest BCUT2D eigenvalue weighted by Crippen LogP contribution is -2.46. The summed E-state index contributed by atoms with van der Waals surface area (Å²) in [6.45, 7) is 0.537. The second kappa shape index (κ2) is 9.20. The third-order valence-corrected chi connectivity index (χ3v) is 6.45. The fourth-order valence-electron chi connectivity index (χ4n) is 4.01. The molecule has 12 heteroatoms. The summed E-state index contributed by atoms with van der Waals surface area (Å²) in [5.74, 6) is 0.447. The Morgan fingerprint density at radius 2 is 1.85 bits per heavy atom. The van der Waals surface area contributed by atoms with Crippen LogP contribution in [0.25, 0.3) is 10.6 Å². The molecule has 3 aromatic rings. The van der Waals surface area contributed by atoms with Crippen LogP contribution in [0.1, 0.15) is 5.56 Å². The van der Waals surface area contributed by atoms with Crippen LogP contribution in [0.15, 0.2) is 54.0 Å². The number of thiophene rings is 1. The van der Waals surface area contributed by atoms with Crippen molar-refractivity contribution in [1.29, 1.82) is 0 Å². The zero-order valence-corrected chi connectivity index (χ0v) is 18.4. The number of nitrogens with one attached hydrogen (secondary N) is 3. The maximum Gasteiger partial charge on any atom is 0.416 e. The number of benzene rings is 1. The first-order valence-electron chi connectivity index (χ1n) is 10.5. The molecule has 5 rings (SSSR count). The minimum absolute atomic E-state index is 0.0393. The van der Waals surface area contributed by atoms with Crippen LogP contribution in [0.2, 0.25) is 0 Å². The van der Waals surface area contributed by atoms with Gasteiger partial charge < -0.3 is 25.4 Å². The first-order valence-corrected chi connectivity index (χ1v) is 11.4. The molecular weight excluding hydrogens is 471 g/mol. The van der Waals surface area contributed by atoms with Crippen molar-refractivity contribution < 1.29 is 27.4 Å². The van der Waals surface area contributed by atoms with E-state index >= 15 is 0 Å². The van der Waals surface area contributed by atoms with Gasteiger partial charge in [-0.15, -0.1) is 11.3 Å².